The zero-order chi connectivity index (χ0) is 9.97. The molecule has 1 atom stereocenters. The van der Waals surface area contributed by atoms with E-state index in [1.54, 1.807) is 17.8 Å². The Bertz CT molecular complexity index is 324. The maximum absolute atomic E-state index is 12.9. The molecule has 0 radical (unpaired) electrons. The molecule has 76 valence electrons. The molecule has 1 aromatic carbocycles. The van der Waals surface area contributed by atoms with Gasteiger partial charge in [0.2, 0.25) is 0 Å². The van der Waals surface area contributed by atoms with Crippen molar-refractivity contribution in [3.05, 3.63) is 24.0 Å². The molecule has 0 aromatic heterocycles. The van der Waals surface area contributed by atoms with Gasteiger partial charge in [-0.15, -0.1) is 11.8 Å². The van der Waals surface area contributed by atoms with Crippen molar-refractivity contribution in [1.29, 1.82) is 0 Å². The van der Waals surface area contributed by atoms with E-state index in [0.717, 1.165) is 18.6 Å². The van der Waals surface area contributed by atoms with Gasteiger partial charge in [0.25, 0.3) is 0 Å². The molecule has 2 rings (SSSR count). The SMILES string of the molecule is Oc1ccc(O[C@@H]2CCCS2)cc1F. The normalized spacial score (nSPS) is 21.1. The summed E-state index contributed by atoms with van der Waals surface area (Å²) in [5.41, 5.74) is 0.138. The zero-order valence-corrected chi connectivity index (χ0v) is 8.39. The fourth-order valence-corrected chi connectivity index (χ4v) is 2.46. The quantitative estimate of drug-likeness (QED) is 0.820. The van der Waals surface area contributed by atoms with Crippen molar-refractivity contribution in [3.63, 3.8) is 0 Å². The van der Waals surface area contributed by atoms with Crippen LogP contribution in [0.5, 0.6) is 11.5 Å². The number of thioether (sulfide) groups is 1. The van der Waals surface area contributed by atoms with Crippen LogP contribution in [0.2, 0.25) is 0 Å². The first-order valence-electron chi connectivity index (χ1n) is 4.52. The van der Waals surface area contributed by atoms with Crippen LogP contribution in [0, 0.1) is 5.82 Å². The van der Waals surface area contributed by atoms with E-state index in [2.05, 4.69) is 0 Å². The molecule has 1 N–H and O–H groups in total. The molecule has 1 aliphatic heterocycles. The van der Waals surface area contributed by atoms with Gasteiger partial charge in [0.05, 0.1) is 0 Å². The number of phenolic OH excluding ortho intramolecular Hbond substituents is 1. The molecule has 0 saturated carbocycles. The average molecular weight is 214 g/mol. The fourth-order valence-electron chi connectivity index (χ4n) is 1.35. The number of phenols is 1. The fraction of sp³-hybridized carbons (Fsp3) is 0.400. The van der Waals surface area contributed by atoms with Crippen molar-refractivity contribution < 1.29 is 14.2 Å². The Kier molecular flexibility index (Phi) is 2.82. The maximum Gasteiger partial charge on any atom is 0.168 e. The highest BCUT2D eigenvalue weighted by Gasteiger charge is 2.17. The summed E-state index contributed by atoms with van der Waals surface area (Å²) in [6.45, 7) is 0. The molecule has 1 heterocycles. The lowest BCUT2D eigenvalue weighted by Gasteiger charge is -2.12. The Morgan fingerprint density at radius 2 is 2.36 bits per heavy atom. The van der Waals surface area contributed by atoms with Crippen LogP contribution >= 0.6 is 11.8 Å². The average Bonchev–Trinajstić information content (AvgIpc) is 2.64. The number of benzene rings is 1. The van der Waals surface area contributed by atoms with E-state index < -0.39 is 5.82 Å². The molecule has 14 heavy (non-hydrogen) atoms. The molecular formula is C10H11FO2S. The third kappa shape index (κ3) is 2.12. The first kappa shape index (κ1) is 9.65. The molecule has 1 fully saturated rings. The van der Waals surface area contributed by atoms with E-state index >= 15 is 0 Å². The van der Waals surface area contributed by atoms with Gasteiger partial charge >= 0.3 is 0 Å². The second-order valence-corrected chi connectivity index (χ2v) is 4.44. The van der Waals surface area contributed by atoms with E-state index in [-0.39, 0.29) is 11.2 Å². The van der Waals surface area contributed by atoms with Crippen LogP contribution in [0.1, 0.15) is 12.8 Å². The van der Waals surface area contributed by atoms with Gasteiger partial charge < -0.3 is 9.84 Å². The highest BCUT2D eigenvalue weighted by Crippen LogP contribution is 2.30. The minimum atomic E-state index is -0.634. The van der Waals surface area contributed by atoms with Crippen LogP contribution in [0.4, 0.5) is 4.39 Å². The van der Waals surface area contributed by atoms with E-state index in [9.17, 15) is 4.39 Å². The molecule has 1 saturated heterocycles. The lowest BCUT2D eigenvalue weighted by Crippen LogP contribution is -2.07. The Hall–Kier alpha value is -0.900. The van der Waals surface area contributed by atoms with Crippen LogP contribution < -0.4 is 4.74 Å². The van der Waals surface area contributed by atoms with Crippen molar-refractivity contribution in [2.45, 2.75) is 18.3 Å². The topological polar surface area (TPSA) is 29.5 Å². The van der Waals surface area contributed by atoms with Gasteiger partial charge in [0.15, 0.2) is 11.6 Å². The third-order valence-electron chi connectivity index (χ3n) is 2.07. The Balaban J connectivity index is 2.05. The van der Waals surface area contributed by atoms with Crippen LogP contribution in [0.15, 0.2) is 18.2 Å². The summed E-state index contributed by atoms with van der Waals surface area (Å²) in [7, 11) is 0. The summed E-state index contributed by atoms with van der Waals surface area (Å²) < 4.78 is 18.4. The summed E-state index contributed by atoms with van der Waals surface area (Å²) in [5.74, 6) is 0.618. The maximum atomic E-state index is 12.9. The summed E-state index contributed by atoms with van der Waals surface area (Å²) in [6, 6.07) is 4.11. The second kappa shape index (κ2) is 4.09. The lowest BCUT2D eigenvalue weighted by atomic mass is 10.3. The summed E-state index contributed by atoms with van der Waals surface area (Å²) in [4.78, 5) is 0. The van der Waals surface area contributed by atoms with Gasteiger partial charge in [-0.05, 0) is 30.7 Å². The standard InChI is InChI=1S/C10H11FO2S/c11-8-6-7(3-4-9(8)12)13-10-2-1-5-14-10/h3-4,6,10,12H,1-2,5H2/t10-/m0/s1. The van der Waals surface area contributed by atoms with Crippen molar-refractivity contribution in [2.24, 2.45) is 0 Å². The van der Waals surface area contributed by atoms with Gasteiger partial charge in [-0.2, -0.15) is 0 Å². The molecular weight excluding hydrogens is 203 g/mol. The highest BCUT2D eigenvalue weighted by atomic mass is 32.2. The van der Waals surface area contributed by atoms with Gasteiger partial charge in [-0.3, -0.25) is 0 Å². The first-order chi connectivity index (χ1) is 6.75. The Morgan fingerprint density at radius 3 is 3.00 bits per heavy atom. The summed E-state index contributed by atoms with van der Waals surface area (Å²) >= 11 is 1.74. The monoisotopic (exact) mass is 214 g/mol. The minimum Gasteiger partial charge on any atom is -0.505 e. The number of halogens is 1. The largest absolute Gasteiger partial charge is 0.505 e. The van der Waals surface area contributed by atoms with E-state index in [4.69, 9.17) is 9.84 Å². The van der Waals surface area contributed by atoms with Crippen LogP contribution in [0.25, 0.3) is 0 Å². The minimum absolute atomic E-state index is 0.138. The number of aromatic hydroxyl groups is 1. The van der Waals surface area contributed by atoms with Crippen molar-refractivity contribution in [2.75, 3.05) is 5.75 Å². The predicted molar refractivity (Wildman–Crippen MR) is 54.2 cm³/mol. The molecule has 0 spiro atoms. The number of rotatable bonds is 2. The van der Waals surface area contributed by atoms with Gasteiger partial charge in [0.1, 0.15) is 11.2 Å². The smallest absolute Gasteiger partial charge is 0.168 e. The molecule has 4 heteroatoms. The zero-order valence-electron chi connectivity index (χ0n) is 7.57. The van der Waals surface area contributed by atoms with Crippen molar-refractivity contribution >= 4 is 11.8 Å². The number of hydrogen-bond donors (Lipinski definition) is 1. The van der Waals surface area contributed by atoms with Crippen molar-refractivity contribution in [1.82, 2.24) is 0 Å². The van der Waals surface area contributed by atoms with E-state index in [1.807, 2.05) is 0 Å². The van der Waals surface area contributed by atoms with E-state index in [1.165, 1.54) is 12.1 Å². The Morgan fingerprint density at radius 1 is 1.50 bits per heavy atom. The molecule has 0 amide bonds. The summed E-state index contributed by atoms with van der Waals surface area (Å²) in [5, 5.41) is 8.97. The molecule has 1 aliphatic rings. The molecule has 0 bridgehead atoms. The lowest BCUT2D eigenvalue weighted by molar-refractivity contribution is 0.282. The molecule has 2 nitrogen and oxygen atoms in total. The molecule has 0 aliphatic carbocycles. The number of ether oxygens (including phenoxy) is 1. The van der Waals surface area contributed by atoms with Gasteiger partial charge in [-0.25, -0.2) is 4.39 Å². The third-order valence-corrected chi connectivity index (χ3v) is 3.30. The van der Waals surface area contributed by atoms with Gasteiger partial charge in [-0.1, -0.05) is 0 Å². The van der Waals surface area contributed by atoms with E-state index in [0.29, 0.717) is 5.75 Å². The second-order valence-electron chi connectivity index (χ2n) is 3.17. The highest BCUT2D eigenvalue weighted by molar-refractivity contribution is 8.00. The summed E-state index contributed by atoms with van der Waals surface area (Å²) in [6.07, 6.45) is 2.16. The molecule has 1 aromatic rings. The van der Waals surface area contributed by atoms with Crippen LogP contribution in [-0.4, -0.2) is 16.3 Å². The van der Waals surface area contributed by atoms with Crippen molar-refractivity contribution in [3.8, 4) is 11.5 Å². The predicted octanol–water partition coefficient (Wildman–Crippen LogP) is 2.76. The Labute approximate surface area is 86.1 Å². The van der Waals surface area contributed by atoms with Crippen LogP contribution in [0.3, 0.4) is 0 Å². The number of hydrogen-bond acceptors (Lipinski definition) is 3. The van der Waals surface area contributed by atoms with Crippen LogP contribution in [-0.2, 0) is 0 Å². The molecule has 0 unspecified atom stereocenters. The van der Waals surface area contributed by atoms with Gasteiger partial charge in [0, 0.05) is 6.07 Å². The first-order valence-corrected chi connectivity index (χ1v) is 5.57.